The van der Waals surface area contributed by atoms with Gasteiger partial charge in [0, 0.05) is 24.1 Å². The molecule has 3 N–H and O–H groups in total. The van der Waals surface area contributed by atoms with E-state index in [1.54, 1.807) is 0 Å². The second kappa shape index (κ2) is 5.00. The van der Waals surface area contributed by atoms with Crippen molar-refractivity contribution < 1.29 is 4.79 Å². The summed E-state index contributed by atoms with van der Waals surface area (Å²) in [7, 11) is 0. The zero-order valence-electron chi connectivity index (χ0n) is 10.2. The fraction of sp³-hybridized carbons (Fsp3) is 0.636. The molecule has 0 saturated carbocycles. The number of anilines is 1. The molecule has 0 spiro atoms. The van der Waals surface area contributed by atoms with Crippen molar-refractivity contribution in [3.05, 3.63) is 11.4 Å². The van der Waals surface area contributed by atoms with Gasteiger partial charge in [-0.2, -0.15) is 16.9 Å². The van der Waals surface area contributed by atoms with Gasteiger partial charge in [-0.25, -0.2) is 0 Å². The van der Waals surface area contributed by atoms with Crippen LogP contribution in [-0.2, 0) is 6.42 Å². The highest BCUT2D eigenvalue weighted by molar-refractivity contribution is 7.99. The van der Waals surface area contributed by atoms with E-state index in [2.05, 4.69) is 17.1 Å². The number of aromatic amines is 1. The molecule has 2 rings (SSSR count). The van der Waals surface area contributed by atoms with Crippen molar-refractivity contribution >= 4 is 23.4 Å². The van der Waals surface area contributed by atoms with Crippen LogP contribution in [0.4, 0.5) is 5.69 Å². The van der Waals surface area contributed by atoms with Gasteiger partial charge in [0.05, 0.1) is 11.4 Å². The molecule has 1 aromatic rings. The van der Waals surface area contributed by atoms with Crippen LogP contribution in [0.5, 0.6) is 0 Å². The lowest BCUT2D eigenvalue weighted by Crippen LogP contribution is -2.41. The Kier molecular flexibility index (Phi) is 3.61. The number of aryl methyl sites for hydroxylation is 1. The summed E-state index contributed by atoms with van der Waals surface area (Å²) < 4.78 is 0. The molecule has 1 aromatic heterocycles. The average Bonchev–Trinajstić information content (AvgIpc) is 2.69. The summed E-state index contributed by atoms with van der Waals surface area (Å²) >= 11 is 1.89. The Morgan fingerprint density at radius 2 is 2.47 bits per heavy atom. The third kappa shape index (κ3) is 2.41. The van der Waals surface area contributed by atoms with E-state index in [-0.39, 0.29) is 5.91 Å². The van der Waals surface area contributed by atoms with E-state index in [1.807, 2.05) is 23.6 Å². The number of amides is 1. The Morgan fingerprint density at radius 3 is 3.06 bits per heavy atom. The third-order valence-electron chi connectivity index (χ3n) is 2.97. The summed E-state index contributed by atoms with van der Waals surface area (Å²) in [6.45, 7) is 5.67. The van der Waals surface area contributed by atoms with Gasteiger partial charge in [-0.05, 0) is 6.42 Å². The lowest BCUT2D eigenvalue weighted by Gasteiger charge is -2.30. The number of nitrogens with two attached hydrogens (primary N) is 1. The van der Waals surface area contributed by atoms with Gasteiger partial charge in [0.2, 0.25) is 0 Å². The van der Waals surface area contributed by atoms with Gasteiger partial charge in [-0.1, -0.05) is 13.8 Å². The average molecular weight is 254 g/mol. The standard InChI is InChI=1S/C11H18N4OS/c1-3-8-9(12)10(14-13-8)11(16)15-4-5-17-7(2)6-15/h7H,3-6,12H2,1-2H3,(H,13,14). The van der Waals surface area contributed by atoms with E-state index in [9.17, 15) is 4.79 Å². The quantitative estimate of drug-likeness (QED) is 0.829. The van der Waals surface area contributed by atoms with Crippen LogP contribution in [0.15, 0.2) is 0 Å². The molecule has 0 radical (unpaired) electrons. The number of hydrogen-bond donors (Lipinski definition) is 2. The first-order valence-electron chi connectivity index (χ1n) is 5.87. The molecule has 1 aliphatic rings. The zero-order valence-corrected chi connectivity index (χ0v) is 11.0. The summed E-state index contributed by atoms with van der Waals surface area (Å²) in [5, 5.41) is 7.35. The molecule has 0 aliphatic carbocycles. The minimum Gasteiger partial charge on any atom is -0.395 e. The largest absolute Gasteiger partial charge is 0.395 e. The second-order valence-electron chi connectivity index (χ2n) is 4.25. The maximum absolute atomic E-state index is 12.2. The van der Waals surface area contributed by atoms with E-state index in [4.69, 9.17) is 5.73 Å². The molecular formula is C11H18N4OS. The molecule has 2 heterocycles. The van der Waals surface area contributed by atoms with Crippen LogP contribution in [-0.4, -0.2) is 45.1 Å². The normalized spacial score (nSPS) is 20.6. The molecule has 0 aromatic carbocycles. The Hall–Kier alpha value is -1.17. The first-order chi connectivity index (χ1) is 8.13. The molecule has 1 amide bonds. The molecule has 1 fully saturated rings. The van der Waals surface area contributed by atoms with E-state index >= 15 is 0 Å². The minimum absolute atomic E-state index is 0.0504. The van der Waals surface area contributed by atoms with Gasteiger partial charge in [-0.3, -0.25) is 9.89 Å². The SMILES string of the molecule is CCc1[nH]nc(C(=O)N2CCSC(C)C2)c1N. The smallest absolute Gasteiger partial charge is 0.276 e. The Labute approximate surface area is 105 Å². The van der Waals surface area contributed by atoms with Crippen molar-refractivity contribution in [2.75, 3.05) is 24.6 Å². The number of nitrogens with zero attached hydrogens (tertiary/aromatic N) is 2. The number of carbonyl (C=O) groups excluding carboxylic acids is 1. The van der Waals surface area contributed by atoms with E-state index in [0.717, 1.165) is 31.0 Å². The van der Waals surface area contributed by atoms with E-state index < -0.39 is 0 Å². The van der Waals surface area contributed by atoms with Crippen molar-refractivity contribution in [1.82, 2.24) is 15.1 Å². The van der Waals surface area contributed by atoms with Gasteiger partial charge < -0.3 is 10.6 Å². The lowest BCUT2D eigenvalue weighted by molar-refractivity contribution is 0.0758. The van der Waals surface area contributed by atoms with Crippen molar-refractivity contribution in [3.8, 4) is 0 Å². The van der Waals surface area contributed by atoms with Crippen LogP contribution in [0.1, 0.15) is 30.0 Å². The number of carbonyl (C=O) groups is 1. The van der Waals surface area contributed by atoms with Crippen molar-refractivity contribution in [3.63, 3.8) is 0 Å². The number of hydrogen-bond acceptors (Lipinski definition) is 4. The molecule has 5 nitrogen and oxygen atoms in total. The monoisotopic (exact) mass is 254 g/mol. The number of rotatable bonds is 2. The van der Waals surface area contributed by atoms with Crippen LogP contribution in [0.3, 0.4) is 0 Å². The highest BCUT2D eigenvalue weighted by Crippen LogP contribution is 2.22. The summed E-state index contributed by atoms with van der Waals surface area (Å²) in [6, 6.07) is 0. The van der Waals surface area contributed by atoms with Crippen molar-refractivity contribution in [1.29, 1.82) is 0 Å². The molecule has 1 aliphatic heterocycles. The predicted molar refractivity (Wildman–Crippen MR) is 70.2 cm³/mol. The third-order valence-corrected chi connectivity index (χ3v) is 4.10. The van der Waals surface area contributed by atoms with Crippen LogP contribution in [0, 0.1) is 0 Å². The topological polar surface area (TPSA) is 75.0 Å². The fourth-order valence-corrected chi connectivity index (χ4v) is 2.99. The number of nitrogen functional groups attached to an aromatic ring is 1. The van der Waals surface area contributed by atoms with Gasteiger partial charge in [0.1, 0.15) is 0 Å². The summed E-state index contributed by atoms with van der Waals surface area (Å²) in [6.07, 6.45) is 0.762. The Balaban J connectivity index is 2.16. The molecule has 94 valence electrons. The summed E-state index contributed by atoms with van der Waals surface area (Å²) in [5.74, 6) is 0.934. The van der Waals surface area contributed by atoms with Crippen molar-refractivity contribution in [2.45, 2.75) is 25.5 Å². The molecule has 17 heavy (non-hydrogen) atoms. The molecule has 1 unspecified atom stereocenters. The van der Waals surface area contributed by atoms with Crippen molar-refractivity contribution in [2.24, 2.45) is 0 Å². The Bertz CT molecular complexity index is 418. The maximum atomic E-state index is 12.2. The van der Waals surface area contributed by atoms with Crippen LogP contribution >= 0.6 is 11.8 Å². The van der Waals surface area contributed by atoms with Crippen LogP contribution < -0.4 is 5.73 Å². The highest BCUT2D eigenvalue weighted by Gasteiger charge is 2.26. The van der Waals surface area contributed by atoms with Gasteiger partial charge in [0.25, 0.3) is 5.91 Å². The predicted octanol–water partition coefficient (Wildman–Crippen LogP) is 1.13. The molecule has 1 saturated heterocycles. The number of H-pyrrole nitrogens is 1. The molecule has 1 atom stereocenters. The van der Waals surface area contributed by atoms with Gasteiger partial charge in [0.15, 0.2) is 5.69 Å². The first-order valence-corrected chi connectivity index (χ1v) is 6.92. The molecule has 6 heteroatoms. The highest BCUT2D eigenvalue weighted by atomic mass is 32.2. The molecule has 0 bridgehead atoms. The maximum Gasteiger partial charge on any atom is 0.276 e. The number of aromatic nitrogens is 2. The fourth-order valence-electron chi connectivity index (χ4n) is 1.97. The second-order valence-corrected chi connectivity index (χ2v) is 5.80. The van der Waals surface area contributed by atoms with Crippen LogP contribution in [0.25, 0.3) is 0 Å². The minimum atomic E-state index is -0.0504. The first kappa shape index (κ1) is 12.3. The van der Waals surface area contributed by atoms with Crippen LogP contribution in [0.2, 0.25) is 0 Å². The zero-order chi connectivity index (χ0) is 12.4. The van der Waals surface area contributed by atoms with E-state index in [0.29, 0.717) is 16.6 Å². The molecular weight excluding hydrogens is 236 g/mol. The summed E-state index contributed by atoms with van der Waals surface area (Å²) in [5.41, 5.74) is 7.63. The summed E-state index contributed by atoms with van der Waals surface area (Å²) in [4.78, 5) is 14.1. The number of nitrogens with one attached hydrogen (secondary N) is 1. The van der Waals surface area contributed by atoms with E-state index in [1.165, 1.54) is 0 Å². The lowest BCUT2D eigenvalue weighted by atomic mass is 10.2. The Morgan fingerprint density at radius 1 is 1.71 bits per heavy atom. The van der Waals surface area contributed by atoms with Gasteiger partial charge >= 0.3 is 0 Å². The number of thioether (sulfide) groups is 1. The van der Waals surface area contributed by atoms with Gasteiger partial charge in [-0.15, -0.1) is 0 Å².